The second-order valence-electron chi connectivity index (χ2n) is 10.3. The smallest absolute Gasteiger partial charge is 0.338 e. The van der Waals surface area contributed by atoms with Crippen LogP contribution in [-0.4, -0.2) is 46.1 Å². The van der Waals surface area contributed by atoms with E-state index in [1.807, 2.05) is 35.4 Å². The summed E-state index contributed by atoms with van der Waals surface area (Å²) in [5.41, 5.74) is 2.77. The number of carbonyl (C=O) groups excluding carboxylic acids is 4. The number of benzene rings is 2. The van der Waals surface area contributed by atoms with Crippen LogP contribution in [0.4, 0.5) is 0 Å². The first kappa shape index (κ1) is 33.0. The molecule has 0 saturated heterocycles. The Morgan fingerprint density at radius 3 is 1.41 bits per heavy atom. The van der Waals surface area contributed by atoms with Gasteiger partial charge in [0, 0.05) is 26.9 Å². The predicted octanol–water partition coefficient (Wildman–Crippen LogP) is 5.82. The Hall–Kier alpha value is -3.90. The highest BCUT2D eigenvalue weighted by Crippen LogP contribution is 2.20. The molecule has 2 aromatic carbocycles. The summed E-state index contributed by atoms with van der Waals surface area (Å²) in [7, 11) is 3.72. The Labute approximate surface area is 263 Å². The molecular formula is C32H38N4O6S2. The van der Waals surface area contributed by atoms with E-state index in [1.54, 1.807) is 38.1 Å². The van der Waals surface area contributed by atoms with Crippen molar-refractivity contribution in [2.45, 2.75) is 65.2 Å². The van der Waals surface area contributed by atoms with Gasteiger partial charge in [0.2, 0.25) is 11.8 Å². The second kappa shape index (κ2) is 15.7. The highest BCUT2D eigenvalue weighted by Gasteiger charge is 2.12. The number of unbranched alkanes of at least 4 members (excludes halogenated alkanes) is 5. The van der Waals surface area contributed by atoms with E-state index in [1.165, 1.54) is 22.7 Å². The van der Waals surface area contributed by atoms with Gasteiger partial charge in [-0.1, -0.05) is 48.4 Å². The van der Waals surface area contributed by atoms with E-state index >= 15 is 0 Å². The van der Waals surface area contributed by atoms with Crippen molar-refractivity contribution in [1.82, 2.24) is 9.13 Å². The second-order valence-corrected chi connectivity index (χ2v) is 12.3. The molecule has 0 aliphatic rings. The number of ether oxygens (including phenoxy) is 2. The summed E-state index contributed by atoms with van der Waals surface area (Å²) in [6.07, 6.45) is 6.11. The molecule has 0 spiro atoms. The Bertz CT molecular complexity index is 1680. The average Bonchev–Trinajstić information content (AvgIpc) is 3.48. The fourth-order valence-electron chi connectivity index (χ4n) is 4.75. The van der Waals surface area contributed by atoms with Gasteiger partial charge in [-0.15, -0.1) is 0 Å². The van der Waals surface area contributed by atoms with Crippen molar-refractivity contribution in [3.8, 4) is 0 Å². The Morgan fingerprint density at radius 2 is 1.02 bits per heavy atom. The van der Waals surface area contributed by atoms with Crippen molar-refractivity contribution in [2.75, 3.05) is 13.2 Å². The summed E-state index contributed by atoms with van der Waals surface area (Å²) in [6, 6.07) is 10.7. The van der Waals surface area contributed by atoms with Gasteiger partial charge in [-0.25, -0.2) is 9.59 Å². The zero-order valence-electron chi connectivity index (χ0n) is 25.6. The van der Waals surface area contributed by atoms with E-state index in [0.29, 0.717) is 46.8 Å². The van der Waals surface area contributed by atoms with Gasteiger partial charge >= 0.3 is 11.9 Å². The SMILES string of the molecule is CCOC(=O)c1ccc2c(c1)sc(=NC(=O)CCCCCCCCC(=O)N=c1sc3cc(C(=O)OCC)ccc3n1C)n2C. The maximum Gasteiger partial charge on any atom is 0.338 e. The number of esters is 2. The molecule has 4 aromatic rings. The number of nitrogens with zero attached hydrogens (tertiary/aromatic N) is 4. The lowest BCUT2D eigenvalue weighted by Gasteiger charge is -2.02. The van der Waals surface area contributed by atoms with E-state index in [4.69, 9.17) is 9.47 Å². The third-order valence-electron chi connectivity index (χ3n) is 7.11. The summed E-state index contributed by atoms with van der Waals surface area (Å²) in [5.74, 6) is -1.04. The zero-order valence-corrected chi connectivity index (χ0v) is 27.2. The van der Waals surface area contributed by atoms with Crippen LogP contribution >= 0.6 is 22.7 Å². The predicted molar refractivity (Wildman–Crippen MR) is 172 cm³/mol. The van der Waals surface area contributed by atoms with Gasteiger partial charge in [-0.3, -0.25) is 9.59 Å². The van der Waals surface area contributed by atoms with Gasteiger partial charge < -0.3 is 18.6 Å². The number of amides is 2. The van der Waals surface area contributed by atoms with Crippen molar-refractivity contribution < 1.29 is 28.7 Å². The highest BCUT2D eigenvalue weighted by molar-refractivity contribution is 7.16. The molecule has 0 radical (unpaired) electrons. The topological polar surface area (TPSA) is 121 Å². The molecular weight excluding hydrogens is 601 g/mol. The first-order valence-corrected chi connectivity index (χ1v) is 16.5. The van der Waals surface area contributed by atoms with E-state index in [0.717, 1.165) is 59.0 Å². The molecule has 2 amide bonds. The number of thiazole rings is 2. The summed E-state index contributed by atoms with van der Waals surface area (Å²) < 4.78 is 15.6. The van der Waals surface area contributed by atoms with Crippen LogP contribution < -0.4 is 9.60 Å². The van der Waals surface area contributed by atoms with Crippen LogP contribution in [0.2, 0.25) is 0 Å². The maximum absolute atomic E-state index is 12.5. The monoisotopic (exact) mass is 638 g/mol. The molecule has 4 rings (SSSR count). The van der Waals surface area contributed by atoms with Crippen LogP contribution in [0.25, 0.3) is 20.4 Å². The minimum absolute atomic E-state index is 0.156. The Balaban J connectivity index is 1.18. The van der Waals surface area contributed by atoms with Crippen LogP contribution in [0.15, 0.2) is 46.4 Å². The van der Waals surface area contributed by atoms with Gasteiger partial charge in [0.05, 0.1) is 44.8 Å². The number of hydrogen-bond acceptors (Lipinski definition) is 8. The van der Waals surface area contributed by atoms with Crippen molar-refractivity contribution in [1.29, 1.82) is 0 Å². The van der Waals surface area contributed by atoms with Gasteiger partial charge in [0.25, 0.3) is 0 Å². The Morgan fingerprint density at radius 1 is 0.636 bits per heavy atom. The third-order valence-corrected chi connectivity index (χ3v) is 9.30. The number of fused-ring (bicyclic) bond motifs is 2. The number of rotatable bonds is 13. The van der Waals surface area contributed by atoms with Crippen LogP contribution in [0.3, 0.4) is 0 Å². The number of carbonyl (C=O) groups is 4. The molecule has 0 fully saturated rings. The summed E-state index contributed by atoms with van der Waals surface area (Å²) in [5, 5.41) is 0. The molecule has 0 aliphatic heterocycles. The van der Waals surface area contributed by atoms with Crippen molar-refractivity contribution in [3.63, 3.8) is 0 Å². The van der Waals surface area contributed by atoms with Gasteiger partial charge in [-0.2, -0.15) is 9.98 Å². The van der Waals surface area contributed by atoms with Crippen molar-refractivity contribution in [2.24, 2.45) is 24.1 Å². The molecule has 234 valence electrons. The van der Waals surface area contributed by atoms with Crippen LogP contribution in [0.1, 0.15) is 85.9 Å². The fraction of sp³-hybridized carbons (Fsp3) is 0.438. The van der Waals surface area contributed by atoms with Crippen LogP contribution in [0.5, 0.6) is 0 Å². The third kappa shape index (κ3) is 8.38. The van der Waals surface area contributed by atoms with Crippen molar-refractivity contribution >= 4 is 66.9 Å². The standard InChI is InChI=1S/C32H38N4O6S2/c1-5-41-29(39)21-15-17-23-25(19-21)43-31(35(23)3)33-27(37)13-11-9-7-8-10-12-14-28(38)34-32-36(4)24-18-16-22(20-26(24)44-32)30(40)42-6-2/h15-20H,5-14H2,1-4H3. The molecule has 0 aliphatic carbocycles. The van der Waals surface area contributed by atoms with Gasteiger partial charge in [0.15, 0.2) is 9.60 Å². The molecule has 0 unspecified atom stereocenters. The number of aromatic nitrogens is 2. The summed E-state index contributed by atoms with van der Waals surface area (Å²) in [4.78, 5) is 58.9. The molecule has 0 atom stereocenters. The first-order chi connectivity index (χ1) is 21.2. The summed E-state index contributed by atoms with van der Waals surface area (Å²) in [6.45, 7) is 4.17. The molecule has 12 heteroatoms. The molecule has 44 heavy (non-hydrogen) atoms. The fourth-order valence-corrected chi connectivity index (χ4v) is 6.90. The molecule has 10 nitrogen and oxygen atoms in total. The molecule has 0 bridgehead atoms. The van der Waals surface area contributed by atoms with E-state index in [2.05, 4.69) is 9.98 Å². The lowest BCUT2D eigenvalue weighted by atomic mass is 10.1. The normalized spacial score (nSPS) is 12.3. The molecule has 0 saturated carbocycles. The maximum atomic E-state index is 12.5. The summed E-state index contributed by atoms with van der Waals surface area (Å²) >= 11 is 2.75. The quantitative estimate of drug-likeness (QED) is 0.134. The van der Waals surface area contributed by atoms with Gasteiger partial charge in [-0.05, 0) is 63.1 Å². The minimum Gasteiger partial charge on any atom is -0.462 e. The van der Waals surface area contributed by atoms with E-state index in [-0.39, 0.29) is 23.8 Å². The largest absolute Gasteiger partial charge is 0.462 e. The Kier molecular flexibility index (Phi) is 11.8. The number of aryl methyl sites for hydroxylation is 2. The lowest BCUT2D eigenvalue weighted by Crippen LogP contribution is -2.13. The first-order valence-electron chi connectivity index (χ1n) is 14.9. The zero-order chi connectivity index (χ0) is 31.6. The van der Waals surface area contributed by atoms with Gasteiger partial charge in [0.1, 0.15) is 0 Å². The van der Waals surface area contributed by atoms with Crippen molar-refractivity contribution in [3.05, 3.63) is 57.1 Å². The van der Waals surface area contributed by atoms with E-state index < -0.39 is 0 Å². The van der Waals surface area contributed by atoms with E-state index in [9.17, 15) is 19.2 Å². The lowest BCUT2D eigenvalue weighted by molar-refractivity contribution is -0.119. The average molecular weight is 639 g/mol. The molecule has 2 heterocycles. The molecule has 0 N–H and O–H groups in total. The van der Waals surface area contributed by atoms with Crippen LogP contribution in [-0.2, 0) is 33.2 Å². The number of hydrogen-bond donors (Lipinski definition) is 0. The molecule has 2 aromatic heterocycles. The van der Waals surface area contributed by atoms with Crippen LogP contribution in [0, 0.1) is 0 Å². The highest BCUT2D eigenvalue weighted by atomic mass is 32.1. The minimum atomic E-state index is -0.365.